The van der Waals surface area contributed by atoms with E-state index in [4.69, 9.17) is 10.1 Å². The Morgan fingerprint density at radius 3 is 2.79 bits per heavy atom. The van der Waals surface area contributed by atoms with Gasteiger partial charge in [-0.1, -0.05) is 19.8 Å². The van der Waals surface area contributed by atoms with Crippen LogP contribution in [0.2, 0.25) is 0 Å². The molecular formula is C17H27N5O2. The third-order valence-corrected chi connectivity index (χ3v) is 4.70. The second kappa shape index (κ2) is 7.79. The van der Waals surface area contributed by atoms with Crippen LogP contribution in [0.15, 0.2) is 4.79 Å². The summed E-state index contributed by atoms with van der Waals surface area (Å²) in [7, 11) is 0. The molecule has 2 heterocycles. The number of anilines is 1. The van der Waals surface area contributed by atoms with Crippen molar-refractivity contribution in [3.63, 3.8) is 0 Å². The van der Waals surface area contributed by atoms with Crippen LogP contribution in [0.4, 0.5) is 5.82 Å². The van der Waals surface area contributed by atoms with Crippen molar-refractivity contribution in [1.82, 2.24) is 19.5 Å². The van der Waals surface area contributed by atoms with Crippen molar-refractivity contribution in [2.45, 2.75) is 64.3 Å². The first-order valence-electron chi connectivity index (χ1n) is 9.09. The summed E-state index contributed by atoms with van der Waals surface area (Å²) in [5, 5.41) is 12.1. The second-order valence-corrected chi connectivity index (χ2v) is 6.55. The number of imidazole rings is 1. The Kier molecular flexibility index (Phi) is 5.50. The van der Waals surface area contributed by atoms with Crippen LogP contribution in [-0.4, -0.2) is 37.8 Å². The highest BCUT2D eigenvalue weighted by Gasteiger charge is 2.23. The van der Waals surface area contributed by atoms with Crippen molar-refractivity contribution in [2.75, 3.05) is 18.5 Å². The van der Waals surface area contributed by atoms with Crippen molar-refractivity contribution >= 4 is 17.0 Å². The van der Waals surface area contributed by atoms with Gasteiger partial charge in [-0.25, -0.2) is 9.78 Å². The molecule has 0 unspecified atom stereocenters. The lowest BCUT2D eigenvalue weighted by Gasteiger charge is -2.09. The number of aryl methyl sites for hydroxylation is 1. The number of fused-ring (bicyclic) bond motifs is 1. The van der Waals surface area contributed by atoms with Gasteiger partial charge in [-0.05, 0) is 32.1 Å². The minimum Gasteiger partial charge on any atom is -0.396 e. The number of rotatable bonds is 8. The summed E-state index contributed by atoms with van der Waals surface area (Å²) in [6, 6.07) is 0. The van der Waals surface area contributed by atoms with Crippen molar-refractivity contribution < 1.29 is 5.11 Å². The summed E-state index contributed by atoms with van der Waals surface area (Å²) in [6.45, 7) is 3.53. The van der Waals surface area contributed by atoms with Gasteiger partial charge in [0.2, 0.25) is 0 Å². The van der Waals surface area contributed by atoms with E-state index in [-0.39, 0.29) is 12.3 Å². The molecule has 1 fully saturated rings. The molecule has 0 aliphatic heterocycles. The standard InChI is InChI=1S/C17H27N5O2/c1-2-10-22-16-13(19-14(20-16)12-7-3-4-8-12)15(21-17(22)24)18-9-5-6-11-23/h12,23H,2-11H2,1H3,(H,19,20)(H,18,21,24). The monoisotopic (exact) mass is 333 g/mol. The molecule has 1 aliphatic carbocycles. The average Bonchev–Trinajstić information content (AvgIpc) is 3.24. The van der Waals surface area contributed by atoms with E-state index in [0.29, 0.717) is 30.5 Å². The fourth-order valence-electron chi connectivity index (χ4n) is 3.43. The van der Waals surface area contributed by atoms with Gasteiger partial charge >= 0.3 is 5.69 Å². The molecule has 7 heteroatoms. The maximum atomic E-state index is 12.4. The van der Waals surface area contributed by atoms with Crippen LogP contribution in [0.5, 0.6) is 0 Å². The van der Waals surface area contributed by atoms with Crippen molar-refractivity contribution in [3.8, 4) is 0 Å². The molecule has 0 spiro atoms. The predicted molar refractivity (Wildman–Crippen MR) is 94.5 cm³/mol. The van der Waals surface area contributed by atoms with Gasteiger partial charge in [0.1, 0.15) is 11.3 Å². The lowest BCUT2D eigenvalue weighted by molar-refractivity contribution is 0.286. The van der Waals surface area contributed by atoms with Crippen molar-refractivity contribution in [1.29, 1.82) is 0 Å². The fourth-order valence-corrected chi connectivity index (χ4v) is 3.43. The van der Waals surface area contributed by atoms with Gasteiger partial charge in [0.05, 0.1) is 0 Å². The lowest BCUT2D eigenvalue weighted by Crippen LogP contribution is -2.25. The Balaban J connectivity index is 1.97. The summed E-state index contributed by atoms with van der Waals surface area (Å²) in [5.41, 5.74) is 1.29. The minimum atomic E-state index is -0.251. The first-order chi connectivity index (χ1) is 11.7. The maximum Gasteiger partial charge on any atom is 0.351 e. The largest absolute Gasteiger partial charge is 0.396 e. The number of unbranched alkanes of at least 4 members (excludes halogenated alkanes) is 1. The molecule has 0 radical (unpaired) electrons. The number of hydrogen-bond acceptors (Lipinski definition) is 5. The zero-order valence-electron chi connectivity index (χ0n) is 14.3. The average molecular weight is 333 g/mol. The quantitative estimate of drug-likeness (QED) is 0.645. The number of nitrogens with zero attached hydrogens (tertiary/aromatic N) is 3. The Morgan fingerprint density at radius 1 is 1.29 bits per heavy atom. The molecule has 0 saturated heterocycles. The molecule has 3 rings (SSSR count). The number of aromatic nitrogens is 4. The highest BCUT2D eigenvalue weighted by molar-refractivity contribution is 5.83. The third kappa shape index (κ3) is 3.45. The molecule has 0 bridgehead atoms. The van der Waals surface area contributed by atoms with Gasteiger partial charge in [-0.2, -0.15) is 4.98 Å². The van der Waals surface area contributed by atoms with Crippen LogP contribution in [0.1, 0.15) is 63.6 Å². The first kappa shape index (κ1) is 17.0. The van der Waals surface area contributed by atoms with E-state index in [1.807, 2.05) is 6.92 Å². The molecule has 2 aromatic rings. The van der Waals surface area contributed by atoms with Gasteiger partial charge in [-0.15, -0.1) is 0 Å². The molecule has 7 nitrogen and oxygen atoms in total. The molecule has 0 amide bonds. The van der Waals surface area contributed by atoms with E-state index in [2.05, 4.69) is 15.3 Å². The van der Waals surface area contributed by atoms with Gasteiger partial charge < -0.3 is 15.4 Å². The molecule has 2 aromatic heterocycles. The number of aliphatic hydroxyl groups excluding tert-OH is 1. The molecular weight excluding hydrogens is 306 g/mol. The second-order valence-electron chi connectivity index (χ2n) is 6.55. The van der Waals surface area contributed by atoms with E-state index in [1.165, 1.54) is 12.8 Å². The topological polar surface area (TPSA) is 95.8 Å². The number of hydrogen-bond donors (Lipinski definition) is 3. The Morgan fingerprint density at radius 2 is 2.08 bits per heavy atom. The van der Waals surface area contributed by atoms with E-state index < -0.39 is 0 Å². The fraction of sp³-hybridized carbons (Fsp3) is 0.706. The van der Waals surface area contributed by atoms with E-state index in [1.54, 1.807) is 4.57 Å². The summed E-state index contributed by atoms with van der Waals surface area (Å²) in [5.74, 6) is 2.03. The highest BCUT2D eigenvalue weighted by Crippen LogP contribution is 2.33. The normalized spacial score (nSPS) is 15.4. The first-order valence-corrected chi connectivity index (χ1v) is 9.09. The molecule has 0 aromatic carbocycles. The smallest absolute Gasteiger partial charge is 0.351 e. The van der Waals surface area contributed by atoms with Gasteiger partial charge in [0.25, 0.3) is 0 Å². The Bertz CT molecular complexity index is 730. The number of aromatic amines is 1. The zero-order valence-corrected chi connectivity index (χ0v) is 14.3. The molecule has 3 N–H and O–H groups in total. The molecule has 1 aliphatic rings. The van der Waals surface area contributed by atoms with Crippen LogP contribution in [0.25, 0.3) is 11.2 Å². The summed E-state index contributed by atoms with van der Waals surface area (Å²) < 4.78 is 1.67. The SMILES string of the molecule is CCCn1c(=O)nc(NCCCCO)c2[nH]c(C3CCCC3)nc21. The van der Waals surface area contributed by atoms with E-state index in [9.17, 15) is 4.79 Å². The van der Waals surface area contributed by atoms with E-state index >= 15 is 0 Å². The minimum absolute atomic E-state index is 0.179. The van der Waals surface area contributed by atoms with Crippen LogP contribution in [0, 0.1) is 0 Å². The highest BCUT2D eigenvalue weighted by atomic mass is 16.2. The summed E-state index contributed by atoms with van der Waals surface area (Å²) in [4.78, 5) is 24.8. The molecule has 1 saturated carbocycles. The van der Waals surface area contributed by atoms with Gasteiger partial charge in [-0.3, -0.25) is 4.57 Å². The van der Waals surface area contributed by atoms with Crippen LogP contribution in [-0.2, 0) is 6.54 Å². The molecule has 24 heavy (non-hydrogen) atoms. The zero-order chi connectivity index (χ0) is 16.9. The Hall–Kier alpha value is -1.89. The maximum absolute atomic E-state index is 12.4. The lowest BCUT2D eigenvalue weighted by atomic mass is 10.1. The summed E-state index contributed by atoms with van der Waals surface area (Å²) >= 11 is 0. The summed E-state index contributed by atoms with van der Waals surface area (Å²) in [6.07, 6.45) is 7.24. The molecule has 132 valence electrons. The van der Waals surface area contributed by atoms with Crippen LogP contribution < -0.4 is 11.0 Å². The molecule has 0 atom stereocenters. The third-order valence-electron chi connectivity index (χ3n) is 4.70. The van der Waals surface area contributed by atoms with Gasteiger partial charge in [0, 0.05) is 25.6 Å². The Labute approximate surface area is 141 Å². The van der Waals surface area contributed by atoms with Crippen molar-refractivity contribution in [2.24, 2.45) is 0 Å². The van der Waals surface area contributed by atoms with Crippen LogP contribution >= 0.6 is 0 Å². The number of nitrogens with one attached hydrogen (secondary N) is 2. The number of aliphatic hydroxyl groups is 1. The van der Waals surface area contributed by atoms with Crippen LogP contribution in [0.3, 0.4) is 0 Å². The van der Waals surface area contributed by atoms with Crippen molar-refractivity contribution in [3.05, 3.63) is 16.3 Å². The van der Waals surface area contributed by atoms with E-state index in [0.717, 1.165) is 43.4 Å². The predicted octanol–water partition coefficient (Wildman–Crippen LogP) is 2.37. The van der Waals surface area contributed by atoms with Gasteiger partial charge in [0.15, 0.2) is 11.5 Å². The number of H-pyrrole nitrogens is 1.